The Morgan fingerprint density at radius 2 is 1.76 bits per heavy atom. The highest BCUT2D eigenvalue weighted by molar-refractivity contribution is 5.91. The molecular formula is C29H34N2O3. The van der Waals surface area contributed by atoms with E-state index in [1.54, 1.807) is 6.20 Å². The third kappa shape index (κ3) is 4.89. The maximum atomic E-state index is 12.5. The monoisotopic (exact) mass is 458 g/mol. The number of aromatic nitrogens is 2. The van der Waals surface area contributed by atoms with Gasteiger partial charge in [0.1, 0.15) is 11.3 Å². The lowest BCUT2D eigenvalue weighted by atomic mass is 9.86. The third-order valence-electron chi connectivity index (χ3n) is 7.16. The van der Waals surface area contributed by atoms with Crippen LogP contribution in [0.4, 0.5) is 0 Å². The first-order valence-corrected chi connectivity index (χ1v) is 12.8. The molecule has 0 aliphatic heterocycles. The Kier molecular flexibility index (Phi) is 6.70. The Balaban J connectivity index is 1.40. The molecule has 0 amide bonds. The number of ether oxygens (including phenoxy) is 2. The van der Waals surface area contributed by atoms with Gasteiger partial charge in [0.25, 0.3) is 0 Å². The van der Waals surface area contributed by atoms with Crippen LogP contribution in [0, 0.1) is 5.92 Å². The molecule has 2 aromatic carbocycles. The fourth-order valence-corrected chi connectivity index (χ4v) is 5.16. The minimum Gasteiger partial charge on any atom is -0.490 e. The first-order valence-electron chi connectivity index (χ1n) is 12.8. The van der Waals surface area contributed by atoms with Gasteiger partial charge in [-0.15, -0.1) is 0 Å². The lowest BCUT2D eigenvalue weighted by Gasteiger charge is -2.28. The zero-order chi connectivity index (χ0) is 23.5. The molecule has 0 radical (unpaired) electrons. The second-order valence-corrected chi connectivity index (χ2v) is 9.65. The van der Waals surface area contributed by atoms with Crippen molar-refractivity contribution in [1.82, 2.24) is 9.78 Å². The summed E-state index contributed by atoms with van der Waals surface area (Å²) in [5, 5.41) is 4.59. The highest BCUT2D eigenvalue weighted by Crippen LogP contribution is 2.43. The predicted molar refractivity (Wildman–Crippen MR) is 134 cm³/mol. The van der Waals surface area contributed by atoms with Crippen LogP contribution in [0.3, 0.4) is 0 Å². The van der Waals surface area contributed by atoms with Gasteiger partial charge in [0.2, 0.25) is 0 Å². The molecule has 1 atom stereocenters. The number of nitrogens with zero attached hydrogens (tertiary/aromatic N) is 2. The first kappa shape index (κ1) is 22.7. The standard InChI is InChI=1S/C29H34N2O3/c1-3-33-29(32)27-19-30-31(28(27)22-15-16-22)25-13-7-11-23(17-25)24-12-8-14-26(18-24)34-20(2)21-9-5-4-6-10-21/h7-8,11-14,17-22H,3-6,9-10,15-16H2,1-2H3. The summed E-state index contributed by atoms with van der Waals surface area (Å²) < 4.78 is 13.6. The zero-order valence-corrected chi connectivity index (χ0v) is 20.2. The van der Waals surface area contributed by atoms with Crippen LogP contribution < -0.4 is 4.74 Å². The van der Waals surface area contributed by atoms with E-state index in [1.165, 1.54) is 32.1 Å². The van der Waals surface area contributed by atoms with Crippen LogP contribution in [0.5, 0.6) is 5.75 Å². The van der Waals surface area contributed by atoms with E-state index in [4.69, 9.17) is 9.47 Å². The largest absolute Gasteiger partial charge is 0.490 e. The smallest absolute Gasteiger partial charge is 0.341 e. The number of esters is 1. The molecule has 2 fully saturated rings. The van der Waals surface area contributed by atoms with Crippen LogP contribution >= 0.6 is 0 Å². The Bertz CT molecular complexity index is 1140. The maximum absolute atomic E-state index is 12.5. The van der Waals surface area contributed by atoms with E-state index in [0.29, 0.717) is 24.0 Å². The van der Waals surface area contributed by atoms with E-state index < -0.39 is 0 Å². The van der Waals surface area contributed by atoms with Gasteiger partial charge in [-0.25, -0.2) is 9.48 Å². The molecule has 0 saturated heterocycles. The summed E-state index contributed by atoms with van der Waals surface area (Å²) in [6, 6.07) is 16.7. The van der Waals surface area contributed by atoms with E-state index in [1.807, 2.05) is 23.7 Å². The molecule has 5 rings (SSSR count). The van der Waals surface area contributed by atoms with Crippen molar-refractivity contribution in [2.45, 2.75) is 70.8 Å². The van der Waals surface area contributed by atoms with Gasteiger partial charge in [0.15, 0.2) is 0 Å². The SMILES string of the molecule is CCOC(=O)c1cnn(-c2cccc(-c3cccc(OC(C)C4CCCCC4)c3)c2)c1C1CC1. The molecule has 1 heterocycles. The van der Waals surface area contributed by atoms with Gasteiger partial charge in [-0.05, 0) is 80.8 Å². The van der Waals surface area contributed by atoms with E-state index in [9.17, 15) is 4.79 Å². The van der Waals surface area contributed by atoms with Crippen molar-refractivity contribution < 1.29 is 14.3 Å². The molecule has 1 aromatic heterocycles. The summed E-state index contributed by atoms with van der Waals surface area (Å²) in [4.78, 5) is 12.5. The van der Waals surface area contributed by atoms with Gasteiger partial charge in [0, 0.05) is 5.92 Å². The topological polar surface area (TPSA) is 53.3 Å². The Morgan fingerprint density at radius 1 is 1.03 bits per heavy atom. The van der Waals surface area contributed by atoms with Crippen LogP contribution in [-0.4, -0.2) is 28.5 Å². The zero-order valence-electron chi connectivity index (χ0n) is 20.2. The molecule has 0 spiro atoms. The van der Waals surface area contributed by atoms with E-state index in [-0.39, 0.29) is 12.1 Å². The van der Waals surface area contributed by atoms with Crippen LogP contribution in [0.15, 0.2) is 54.7 Å². The summed E-state index contributed by atoms with van der Waals surface area (Å²) >= 11 is 0. The van der Waals surface area contributed by atoms with Crippen LogP contribution in [-0.2, 0) is 4.74 Å². The van der Waals surface area contributed by atoms with Gasteiger partial charge in [-0.1, -0.05) is 43.5 Å². The average molecular weight is 459 g/mol. The fraction of sp³-hybridized carbons (Fsp3) is 0.448. The molecule has 2 aliphatic rings. The van der Waals surface area contributed by atoms with E-state index >= 15 is 0 Å². The number of hydrogen-bond donors (Lipinski definition) is 0. The van der Waals surface area contributed by atoms with Crippen molar-refractivity contribution in [3.05, 3.63) is 66.0 Å². The van der Waals surface area contributed by atoms with Gasteiger partial charge in [-0.3, -0.25) is 0 Å². The molecule has 5 heteroatoms. The lowest BCUT2D eigenvalue weighted by molar-refractivity contribution is 0.0525. The summed E-state index contributed by atoms with van der Waals surface area (Å²) in [7, 11) is 0. The van der Waals surface area contributed by atoms with Gasteiger partial charge in [-0.2, -0.15) is 5.10 Å². The summed E-state index contributed by atoms with van der Waals surface area (Å²) in [5.41, 5.74) is 4.72. The molecule has 0 bridgehead atoms. The third-order valence-corrected chi connectivity index (χ3v) is 7.16. The number of benzene rings is 2. The second kappa shape index (κ2) is 10.0. The molecular weight excluding hydrogens is 424 g/mol. The Labute approximate surface area is 202 Å². The number of hydrogen-bond acceptors (Lipinski definition) is 4. The van der Waals surface area contributed by atoms with Crippen molar-refractivity contribution in [3.63, 3.8) is 0 Å². The number of carbonyl (C=O) groups is 1. The van der Waals surface area contributed by atoms with Crippen LogP contribution in [0.25, 0.3) is 16.8 Å². The Morgan fingerprint density at radius 3 is 2.50 bits per heavy atom. The van der Waals surface area contributed by atoms with E-state index in [0.717, 1.165) is 41.1 Å². The molecule has 178 valence electrons. The van der Waals surface area contributed by atoms with Crippen molar-refractivity contribution in [2.75, 3.05) is 6.61 Å². The van der Waals surface area contributed by atoms with Crippen molar-refractivity contribution in [2.24, 2.45) is 5.92 Å². The Hall–Kier alpha value is -3.08. The van der Waals surface area contributed by atoms with Gasteiger partial charge in [0.05, 0.1) is 30.3 Å². The van der Waals surface area contributed by atoms with Gasteiger partial charge < -0.3 is 9.47 Å². The molecule has 2 saturated carbocycles. The van der Waals surface area contributed by atoms with Crippen molar-refractivity contribution in [3.8, 4) is 22.6 Å². The number of rotatable bonds is 8. The molecule has 2 aliphatic carbocycles. The molecule has 5 nitrogen and oxygen atoms in total. The number of carbonyl (C=O) groups excluding carboxylic acids is 1. The maximum Gasteiger partial charge on any atom is 0.341 e. The van der Waals surface area contributed by atoms with Crippen molar-refractivity contribution >= 4 is 5.97 Å². The lowest BCUT2D eigenvalue weighted by Crippen LogP contribution is -2.25. The minimum absolute atomic E-state index is 0.230. The highest BCUT2D eigenvalue weighted by atomic mass is 16.5. The fourth-order valence-electron chi connectivity index (χ4n) is 5.16. The summed E-state index contributed by atoms with van der Waals surface area (Å²) in [6.07, 6.45) is 10.6. The first-order chi connectivity index (χ1) is 16.6. The molecule has 0 N–H and O–H groups in total. The minimum atomic E-state index is -0.288. The predicted octanol–water partition coefficient (Wildman–Crippen LogP) is 6.94. The van der Waals surface area contributed by atoms with E-state index in [2.05, 4.69) is 48.4 Å². The quantitative estimate of drug-likeness (QED) is 0.343. The van der Waals surface area contributed by atoms with Gasteiger partial charge >= 0.3 is 5.97 Å². The van der Waals surface area contributed by atoms with Crippen LogP contribution in [0.1, 0.15) is 80.8 Å². The normalized spacial score (nSPS) is 17.4. The summed E-state index contributed by atoms with van der Waals surface area (Å²) in [6.45, 7) is 4.40. The van der Waals surface area contributed by atoms with Crippen molar-refractivity contribution in [1.29, 1.82) is 0 Å². The summed E-state index contributed by atoms with van der Waals surface area (Å²) in [5.74, 6) is 1.64. The molecule has 34 heavy (non-hydrogen) atoms. The highest BCUT2D eigenvalue weighted by Gasteiger charge is 2.33. The average Bonchev–Trinajstić information content (AvgIpc) is 3.62. The van der Waals surface area contributed by atoms with Crippen LogP contribution in [0.2, 0.25) is 0 Å². The molecule has 1 unspecified atom stereocenters. The molecule has 3 aromatic rings. The second-order valence-electron chi connectivity index (χ2n) is 9.65.